The largest absolute Gasteiger partial charge is 0.496 e. The van der Waals surface area contributed by atoms with E-state index in [0.717, 1.165) is 12.1 Å². The Labute approximate surface area is 124 Å². The molecule has 1 aromatic carbocycles. The van der Waals surface area contributed by atoms with Gasteiger partial charge < -0.3 is 19.9 Å². The van der Waals surface area contributed by atoms with Crippen molar-refractivity contribution < 1.29 is 35.6 Å². The van der Waals surface area contributed by atoms with Crippen molar-refractivity contribution in [3.05, 3.63) is 17.7 Å². The molecule has 0 unspecified atom stereocenters. The van der Waals surface area contributed by atoms with Gasteiger partial charge in [-0.3, -0.25) is 0 Å². The molecule has 2 N–H and O–H groups in total. The fourth-order valence-corrected chi connectivity index (χ4v) is 1.50. The van der Waals surface area contributed by atoms with Crippen LogP contribution in [0.1, 0.15) is 20.2 Å². The van der Waals surface area contributed by atoms with Crippen molar-refractivity contribution >= 4 is 0 Å². The van der Waals surface area contributed by atoms with Crippen LogP contribution in [-0.2, 0) is 6.42 Å². The summed E-state index contributed by atoms with van der Waals surface area (Å²) in [5, 5.41) is 0. The standard InChI is InChI=1S/C13H18F3NO3/c1-18-10-8-12(20-6-4-13(14,15)16)11(19-2)7-9(10)3-5-17/h7-8H,3-6,17H2,1-2H3/i1D3,2D3. The second-order valence-electron chi connectivity index (χ2n) is 3.86. The van der Waals surface area contributed by atoms with Crippen LogP contribution in [0.5, 0.6) is 17.2 Å². The molecule has 114 valence electrons. The molecule has 0 saturated carbocycles. The molecule has 0 amide bonds. The van der Waals surface area contributed by atoms with Gasteiger partial charge in [0.05, 0.1) is 35.3 Å². The van der Waals surface area contributed by atoms with Crippen molar-refractivity contribution in [1.29, 1.82) is 0 Å². The number of rotatable bonds is 7. The van der Waals surface area contributed by atoms with Crippen LogP contribution in [0.3, 0.4) is 0 Å². The van der Waals surface area contributed by atoms with Crippen molar-refractivity contribution in [2.75, 3.05) is 27.2 Å². The van der Waals surface area contributed by atoms with E-state index < -0.39 is 33.3 Å². The van der Waals surface area contributed by atoms with Gasteiger partial charge in [-0.25, -0.2) is 0 Å². The third-order valence-corrected chi connectivity index (χ3v) is 2.40. The molecule has 7 heteroatoms. The summed E-state index contributed by atoms with van der Waals surface area (Å²) in [7, 11) is -5.73. The lowest BCUT2D eigenvalue weighted by Crippen LogP contribution is -2.13. The van der Waals surface area contributed by atoms with Crippen LogP contribution in [0.4, 0.5) is 13.2 Å². The molecule has 0 spiro atoms. The molecule has 0 aliphatic carbocycles. The molecular formula is C13H18F3NO3. The van der Waals surface area contributed by atoms with Crippen LogP contribution in [0.2, 0.25) is 0 Å². The lowest BCUT2D eigenvalue weighted by molar-refractivity contribution is -0.139. The van der Waals surface area contributed by atoms with E-state index in [1.807, 2.05) is 0 Å². The van der Waals surface area contributed by atoms with Crippen LogP contribution in [0, 0.1) is 0 Å². The van der Waals surface area contributed by atoms with Crippen LogP contribution < -0.4 is 19.9 Å². The van der Waals surface area contributed by atoms with Crippen LogP contribution >= 0.6 is 0 Å². The topological polar surface area (TPSA) is 53.7 Å². The van der Waals surface area contributed by atoms with Crippen molar-refractivity contribution in [1.82, 2.24) is 0 Å². The fraction of sp³-hybridized carbons (Fsp3) is 0.538. The van der Waals surface area contributed by atoms with Gasteiger partial charge in [-0.2, -0.15) is 13.2 Å². The van der Waals surface area contributed by atoms with Gasteiger partial charge >= 0.3 is 6.18 Å². The molecule has 20 heavy (non-hydrogen) atoms. The van der Waals surface area contributed by atoms with E-state index in [-0.39, 0.29) is 35.8 Å². The molecule has 0 heterocycles. The number of benzene rings is 1. The van der Waals surface area contributed by atoms with Crippen LogP contribution in [0.25, 0.3) is 0 Å². The molecule has 1 rings (SSSR count). The zero-order valence-corrected chi connectivity index (χ0v) is 10.4. The highest BCUT2D eigenvalue weighted by molar-refractivity contribution is 5.50. The van der Waals surface area contributed by atoms with Gasteiger partial charge in [0, 0.05) is 6.07 Å². The molecule has 0 fully saturated rings. The number of alkyl halides is 3. The minimum Gasteiger partial charge on any atom is -0.496 e. The van der Waals surface area contributed by atoms with E-state index in [2.05, 4.69) is 0 Å². The van der Waals surface area contributed by atoms with Crippen molar-refractivity contribution in [2.24, 2.45) is 5.73 Å². The van der Waals surface area contributed by atoms with E-state index in [9.17, 15) is 13.2 Å². The monoisotopic (exact) mass is 299 g/mol. The smallest absolute Gasteiger partial charge is 0.392 e. The zero-order chi connectivity index (χ0) is 20.2. The third-order valence-electron chi connectivity index (χ3n) is 2.40. The summed E-state index contributed by atoms with van der Waals surface area (Å²) >= 11 is 0. The summed E-state index contributed by atoms with van der Waals surface area (Å²) in [6.45, 7) is -0.733. The van der Waals surface area contributed by atoms with E-state index >= 15 is 0 Å². The van der Waals surface area contributed by atoms with Gasteiger partial charge in [0.2, 0.25) is 0 Å². The molecular weight excluding hydrogens is 275 g/mol. The summed E-state index contributed by atoms with van der Waals surface area (Å²) in [6, 6.07) is 2.11. The molecule has 0 aromatic heterocycles. The van der Waals surface area contributed by atoms with Crippen LogP contribution in [-0.4, -0.2) is 33.4 Å². The van der Waals surface area contributed by atoms with Gasteiger partial charge in [0.15, 0.2) is 11.5 Å². The predicted molar refractivity (Wildman–Crippen MR) is 68.5 cm³/mol. The summed E-state index contributed by atoms with van der Waals surface area (Å²) in [6.07, 6.45) is -5.66. The van der Waals surface area contributed by atoms with E-state index in [4.69, 9.17) is 28.2 Å². The Morgan fingerprint density at radius 2 is 1.85 bits per heavy atom. The molecule has 0 bridgehead atoms. The molecule has 0 atom stereocenters. The van der Waals surface area contributed by atoms with E-state index in [1.165, 1.54) is 0 Å². The number of hydrogen-bond donors (Lipinski definition) is 1. The maximum absolute atomic E-state index is 12.3. The maximum atomic E-state index is 12.3. The molecule has 0 radical (unpaired) electrons. The molecule has 0 saturated heterocycles. The lowest BCUT2D eigenvalue weighted by Gasteiger charge is -2.15. The first-order valence-corrected chi connectivity index (χ1v) is 5.65. The van der Waals surface area contributed by atoms with Gasteiger partial charge in [-0.15, -0.1) is 0 Å². The Hall–Kier alpha value is -1.63. The number of halogens is 3. The highest BCUT2D eigenvalue weighted by Crippen LogP contribution is 2.35. The van der Waals surface area contributed by atoms with Crippen molar-refractivity contribution in [2.45, 2.75) is 19.0 Å². The normalized spacial score (nSPS) is 17.0. The average Bonchev–Trinajstić information content (AvgIpc) is 2.38. The van der Waals surface area contributed by atoms with Gasteiger partial charge in [-0.05, 0) is 24.6 Å². The first-order valence-electron chi connectivity index (χ1n) is 8.65. The van der Waals surface area contributed by atoms with Gasteiger partial charge in [-0.1, -0.05) is 0 Å². The number of ether oxygens (including phenoxy) is 3. The van der Waals surface area contributed by atoms with Gasteiger partial charge in [0.25, 0.3) is 0 Å². The number of methoxy groups -OCH3 is 2. The van der Waals surface area contributed by atoms with Crippen LogP contribution in [0.15, 0.2) is 12.1 Å². The first kappa shape index (κ1) is 9.33. The predicted octanol–water partition coefficient (Wildman–Crippen LogP) is 2.54. The lowest BCUT2D eigenvalue weighted by atomic mass is 10.1. The quantitative estimate of drug-likeness (QED) is 0.840. The summed E-state index contributed by atoms with van der Waals surface area (Å²) in [5.41, 5.74) is 5.65. The Kier molecular flexibility index (Phi) is 3.37. The summed E-state index contributed by atoms with van der Waals surface area (Å²) in [4.78, 5) is 0. The van der Waals surface area contributed by atoms with Crippen molar-refractivity contribution in [3.8, 4) is 17.2 Å². The number of hydrogen-bond acceptors (Lipinski definition) is 4. The highest BCUT2D eigenvalue weighted by atomic mass is 19.4. The molecule has 0 aliphatic heterocycles. The van der Waals surface area contributed by atoms with E-state index in [1.54, 1.807) is 0 Å². The Morgan fingerprint density at radius 3 is 2.45 bits per heavy atom. The maximum Gasteiger partial charge on any atom is 0.392 e. The zero-order valence-electron chi connectivity index (χ0n) is 16.4. The average molecular weight is 299 g/mol. The van der Waals surface area contributed by atoms with E-state index in [0.29, 0.717) is 0 Å². The van der Waals surface area contributed by atoms with Gasteiger partial charge in [0.1, 0.15) is 5.75 Å². The number of nitrogens with two attached hydrogens (primary N) is 1. The summed E-state index contributed by atoms with van der Waals surface area (Å²) in [5.74, 6) is -0.964. The second-order valence-corrected chi connectivity index (χ2v) is 3.86. The second kappa shape index (κ2) is 7.23. The minimum absolute atomic E-state index is 0.0822. The highest BCUT2D eigenvalue weighted by Gasteiger charge is 2.27. The Bertz CT molecular complexity index is 605. The van der Waals surface area contributed by atoms with Crippen molar-refractivity contribution in [3.63, 3.8) is 0 Å². The molecule has 4 nitrogen and oxygen atoms in total. The molecule has 1 aromatic rings. The SMILES string of the molecule is [2H]C([2H])([2H])Oc1cc(OCCC(F)(F)F)c(OC([2H])([2H])[2H])cc1CCN. The minimum atomic E-state index is -4.48. The Morgan fingerprint density at radius 1 is 1.15 bits per heavy atom. The fourth-order valence-electron chi connectivity index (χ4n) is 1.50. The third kappa shape index (κ3) is 4.80. The molecule has 0 aliphatic rings. The first-order chi connectivity index (χ1) is 11.7. The summed E-state index contributed by atoms with van der Waals surface area (Å²) < 4.78 is 94.2. The Balaban J connectivity index is 3.24.